The number of H-pyrrole nitrogens is 1. The molecule has 1 heterocycles. The van der Waals surface area contributed by atoms with Gasteiger partial charge in [0.15, 0.2) is 11.6 Å². The molecule has 86 valence electrons. The maximum absolute atomic E-state index is 13.4. The number of benzene rings is 1. The Balaban J connectivity index is 3.01. The minimum absolute atomic E-state index is 0.0235. The van der Waals surface area contributed by atoms with Gasteiger partial charge in [-0.05, 0) is 6.07 Å². The number of fused-ring (bicyclic) bond motifs is 1. The average Bonchev–Trinajstić information content (AvgIpc) is 2.33. The first-order chi connectivity index (χ1) is 8.10. The Kier molecular flexibility index (Phi) is 2.52. The zero-order chi connectivity index (χ0) is 12.6. The molecule has 2 aromatic rings. The summed E-state index contributed by atoms with van der Waals surface area (Å²) >= 11 is 0. The lowest BCUT2D eigenvalue weighted by molar-refractivity contribution is 0.376. The van der Waals surface area contributed by atoms with Gasteiger partial charge < -0.3 is 9.72 Å². The highest BCUT2D eigenvalue weighted by atomic mass is 19.2. The molecule has 0 aliphatic heterocycles. The highest BCUT2D eigenvalue weighted by molar-refractivity contribution is 5.85. The molecule has 0 amide bonds. The summed E-state index contributed by atoms with van der Waals surface area (Å²) in [5.74, 6) is -2.77. The third-order valence-electron chi connectivity index (χ3n) is 2.35. The highest BCUT2D eigenvalue weighted by Crippen LogP contribution is 2.27. The smallest absolute Gasteiger partial charge is 0.207 e. The number of ether oxygens (including phenoxy) is 1. The van der Waals surface area contributed by atoms with Crippen LogP contribution < -0.4 is 10.2 Å². The Morgan fingerprint density at radius 2 is 2.18 bits per heavy atom. The van der Waals surface area contributed by atoms with Crippen LogP contribution in [0.25, 0.3) is 10.9 Å². The Labute approximate surface area is 94.1 Å². The maximum Gasteiger partial charge on any atom is 0.207 e. The van der Waals surface area contributed by atoms with E-state index in [2.05, 4.69) is 4.98 Å². The number of methoxy groups -OCH3 is 1. The Morgan fingerprint density at radius 1 is 1.47 bits per heavy atom. The van der Waals surface area contributed by atoms with Crippen LogP contribution in [0, 0.1) is 23.0 Å². The average molecular weight is 236 g/mol. The highest BCUT2D eigenvalue weighted by Gasteiger charge is 2.17. The van der Waals surface area contributed by atoms with Crippen LogP contribution in [-0.2, 0) is 0 Å². The zero-order valence-corrected chi connectivity index (χ0v) is 8.67. The summed E-state index contributed by atoms with van der Waals surface area (Å²) in [6.07, 6.45) is 1.13. The van der Waals surface area contributed by atoms with Crippen molar-refractivity contribution in [2.24, 2.45) is 0 Å². The molecule has 0 saturated heterocycles. The molecule has 0 radical (unpaired) electrons. The van der Waals surface area contributed by atoms with Gasteiger partial charge in [0.05, 0.1) is 18.0 Å². The number of hydrogen-bond acceptors (Lipinski definition) is 3. The van der Waals surface area contributed by atoms with Gasteiger partial charge in [-0.2, -0.15) is 9.65 Å². The normalized spacial score (nSPS) is 10.2. The van der Waals surface area contributed by atoms with Gasteiger partial charge in [-0.3, -0.25) is 4.79 Å². The molecular formula is C11H6F2N2O2. The van der Waals surface area contributed by atoms with E-state index < -0.39 is 17.1 Å². The van der Waals surface area contributed by atoms with Gasteiger partial charge in [0.1, 0.15) is 11.6 Å². The van der Waals surface area contributed by atoms with Crippen molar-refractivity contribution in [2.75, 3.05) is 7.11 Å². The minimum Gasteiger partial charge on any atom is -0.491 e. The number of aromatic nitrogens is 1. The van der Waals surface area contributed by atoms with Crippen molar-refractivity contribution in [3.05, 3.63) is 39.7 Å². The van der Waals surface area contributed by atoms with E-state index in [9.17, 15) is 13.6 Å². The fourth-order valence-electron chi connectivity index (χ4n) is 1.55. The first kappa shape index (κ1) is 11.1. The number of rotatable bonds is 1. The van der Waals surface area contributed by atoms with Crippen LogP contribution in [0.5, 0.6) is 5.75 Å². The topological polar surface area (TPSA) is 65.9 Å². The van der Waals surface area contributed by atoms with Crippen molar-refractivity contribution >= 4 is 10.9 Å². The second kappa shape index (κ2) is 3.87. The first-order valence-electron chi connectivity index (χ1n) is 4.57. The number of nitrogens with one attached hydrogen (secondary N) is 1. The first-order valence-corrected chi connectivity index (χ1v) is 4.57. The molecule has 0 unspecified atom stereocenters. The molecule has 0 bridgehead atoms. The lowest BCUT2D eigenvalue weighted by Gasteiger charge is -2.07. The van der Waals surface area contributed by atoms with Gasteiger partial charge in [0, 0.05) is 6.20 Å². The zero-order valence-electron chi connectivity index (χ0n) is 8.67. The monoisotopic (exact) mass is 236 g/mol. The van der Waals surface area contributed by atoms with Crippen molar-refractivity contribution < 1.29 is 13.5 Å². The summed E-state index contributed by atoms with van der Waals surface area (Å²) < 4.78 is 31.3. The molecule has 0 aliphatic carbocycles. The molecule has 2 rings (SSSR count). The van der Waals surface area contributed by atoms with Gasteiger partial charge in [-0.1, -0.05) is 0 Å². The molecule has 0 saturated carbocycles. The number of nitriles is 1. The van der Waals surface area contributed by atoms with E-state index in [0.717, 1.165) is 19.4 Å². The van der Waals surface area contributed by atoms with Crippen LogP contribution in [0.2, 0.25) is 0 Å². The van der Waals surface area contributed by atoms with Crippen LogP contribution in [0.1, 0.15) is 5.56 Å². The van der Waals surface area contributed by atoms with Gasteiger partial charge in [-0.25, -0.2) is 4.39 Å². The summed E-state index contributed by atoms with van der Waals surface area (Å²) in [5.41, 5.74) is -0.820. The van der Waals surface area contributed by atoms with E-state index in [1.807, 2.05) is 0 Å². The van der Waals surface area contributed by atoms with E-state index in [4.69, 9.17) is 10.00 Å². The quantitative estimate of drug-likeness (QED) is 0.819. The Morgan fingerprint density at radius 3 is 2.76 bits per heavy atom. The van der Waals surface area contributed by atoms with Gasteiger partial charge in [-0.15, -0.1) is 0 Å². The fraction of sp³-hybridized carbons (Fsp3) is 0.0909. The lowest BCUT2D eigenvalue weighted by Crippen LogP contribution is -2.09. The van der Waals surface area contributed by atoms with E-state index in [-0.39, 0.29) is 22.2 Å². The molecule has 0 fully saturated rings. The molecule has 17 heavy (non-hydrogen) atoms. The number of nitrogens with zero attached hydrogens (tertiary/aromatic N) is 1. The van der Waals surface area contributed by atoms with E-state index in [0.29, 0.717) is 0 Å². The summed E-state index contributed by atoms with van der Waals surface area (Å²) in [5, 5.41) is 8.53. The number of pyridine rings is 1. The predicted molar refractivity (Wildman–Crippen MR) is 55.8 cm³/mol. The Bertz CT molecular complexity index is 701. The maximum atomic E-state index is 13.4. The molecule has 0 atom stereocenters. The van der Waals surface area contributed by atoms with Crippen LogP contribution in [0.15, 0.2) is 17.1 Å². The number of aromatic amines is 1. The SMILES string of the molecule is COc1c(F)c(F)cc2c(=O)c(C#N)c[nH]c12. The van der Waals surface area contributed by atoms with Crippen molar-refractivity contribution in [3.63, 3.8) is 0 Å². The Hall–Kier alpha value is -2.42. The molecule has 1 aromatic heterocycles. The van der Waals surface area contributed by atoms with Crippen LogP contribution in [0.3, 0.4) is 0 Å². The van der Waals surface area contributed by atoms with E-state index >= 15 is 0 Å². The molecule has 4 nitrogen and oxygen atoms in total. The summed E-state index contributed by atoms with van der Waals surface area (Å²) in [6.45, 7) is 0. The second-order valence-electron chi connectivity index (χ2n) is 3.27. The number of halogens is 2. The number of hydrogen-bond donors (Lipinski definition) is 1. The van der Waals surface area contributed by atoms with Crippen molar-refractivity contribution in [2.45, 2.75) is 0 Å². The largest absolute Gasteiger partial charge is 0.491 e. The minimum atomic E-state index is -1.20. The molecular weight excluding hydrogens is 230 g/mol. The van der Waals surface area contributed by atoms with Crippen LogP contribution >= 0.6 is 0 Å². The summed E-state index contributed by atoms with van der Waals surface area (Å²) in [6, 6.07) is 2.40. The van der Waals surface area contributed by atoms with Crippen molar-refractivity contribution in [1.82, 2.24) is 4.98 Å². The second-order valence-corrected chi connectivity index (χ2v) is 3.27. The van der Waals surface area contributed by atoms with Crippen molar-refractivity contribution in [1.29, 1.82) is 5.26 Å². The van der Waals surface area contributed by atoms with Gasteiger partial charge in [0.25, 0.3) is 0 Å². The molecule has 1 aromatic carbocycles. The lowest BCUT2D eigenvalue weighted by atomic mass is 10.1. The molecule has 0 aliphatic rings. The van der Waals surface area contributed by atoms with Crippen molar-refractivity contribution in [3.8, 4) is 11.8 Å². The fourth-order valence-corrected chi connectivity index (χ4v) is 1.55. The third kappa shape index (κ3) is 1.52. The van der Waals surface area contributed by atoms with E-state index in [1.165, 1.54) is 0 Å². The van der Waals surface area contributed by atoms with Crippen LogP contribution in [-0.4, -0.2) is 12.1 Å². The standard InChI is InChI=1S/C11H6F2N2O2/c1-17-11-8(13)7(12)2-6-9(11)15-4-5(3-14)10(6)16/h2,4H,1H3,(H,15,16). The molecule has 6 heteroatoms. The van der Waals surface area contributed by atoms with E-state index in [1.54, 1.807) is 6.07 Å². The molecule has 1 N–H and O–H groups in total. The van der Waals surface area contributed by atoms with Gasteiger partial charge in [0.2, 0.25) is 11.2 Å². The predicted octanol–water partition coefficient (Wildman–Crippen LogP) is 1.69. The summed E-state index contributed by atoms with van der Waals surface area (Å²) in [7, 11) is 1.16. The summed E-state index contributed by atoms with van der Waals surface area (Å²) in [4.78, 5) is 14.2. The third-order valence-corrected chi connectivity index (χ3v) is 2.35. The van der Waals surface area contributed by atoms with Crippen LogP contribution in [0.4, 0.5) is 8.78 Å². The van der Waals surface area contributed by atoms with Gasteiger partial charge >= 0.3 is 0 Å². The molecule has 0 spiro atoms.